The molecule has 0 saturated carbocycles. The van der Waals surface area contributed by atoms with Crippen LogP contribution in [0.15, 0.2) is 10.3 Å². The van der Waals surface area contributed by atoms with E-state index in [4.69, 9.17) is 0 Å². The van der Waals surface area contributed by atoms with Gasteiger partial charge in [-0.2, -0.15) is 4.31 Å². The minimum absolute atomic E-state index is 0.0182. The number of aryl methyl sites for hydroxylation is 1. The topological polar surface area (TPSA) is 74.7 Å². The predicted molar refractivity (Wildman–Crippen MR) is 77.8 cm³/mol. The summed E-state index contributed by atoms with van der Waals surface area (Å²) in [6.07, 6.45) is 3.46. The molecule has 1 aliphatic rings. The largest absolute Gasteiger partial charge is 0.477 e. The van der Waals surface area contributed by atoms with Crippen LogP contribution in [0.3, 0.4) is 0 Å². The predicted octanol–water partition coefficient (Wildman–Crippen LogP) is 2.71. The van der Waals surface area contributed by atoms with Crippen LogP contribution in [-0.4, -0.2) is 36.4 Å². The lowest BCUT2D eigenvalue weighted by Crippen LogP contribution is -2.43. The minimum Gasteiger partial charge on any atom is -0.477 e. The summed E-state index contributed by atoms with van der Waals surface area (Å²) in [6.45, 7) is 4.10. The lowest BCUT2D eigenvalue weighted by Gasteiger charge is -2.34. The standard InChI is InChI=1S/C13H19NO4S2/c1-3-10-6-4-5-7-14(10)20(17,18)12-9(2)8-19-11(12)13(15)16/h8,10H,3-7H2,1-2H3,(H,15,16). The second-order valence-electron chi connectivity index (χ2n) is 5.06. The molecular formula is C13H19NO4S2. The number of rotatable bonds is 4. The van der Waals surface area contributed by atoms with E-state index in [1.165, 1.54) is 4.31 Å². The lowest BCUT2D eigenvalue weighted by molar-refractivity contribution is 0.0698. The van der Waals surface area contributed by atoms with Crippen LogP contribution in [0.5, 0.6) is 0 Å². The molecule has 0 bridgehead atoms. The molecule has 1 saturated heterocycles. The summed E-state index contributed by atoms with van der Waals surface area (Å²) in [4.78, 5) is 11.1. The number of carboxylic acids is 1. The molecule has 20 heavy (non-hydrogen) atoms. The zero-order valence-corrected chi connectivity index (χ0v) is 13.3. The molecule has 0 amide bonds. The number of piperidine rings is 1. The van der Waals surface area contributed by atoms with Gasteiger partial charge in [-0.25, -0.2) is 13.2 Å². The van der Waals surface area contributed by atoms with Crippen molar-refractivity contribution in [1.29, 1.82) is 0 Å². The van der Waals surface area contributed by atoms with Crippen LogP contribution in [0.2, 0.25) is 0 Å². The van der Waals surface area contributed by atoms with E-state index < -0.39 is 16.0 Å². The molecule has 0 aromatic carbocycles. The molecule has 2 heterocycles. The Morgan fingerprint density at radius 1 is 1.50 bits per heavy atom. The summed E-state index contributed by atoms with van der Waals surface area (Å²) in [5.41, 5.74) is 0.521. The van der Waals surface area contributed by atoms with Crippen molar-refractivity contribution >= 4 is 27.3 Å². The van der Waals surface area contributed by atoms with Gasteiger partial charge in [0.05, 0.1) is 0 Å². The third-order valence-corrected chi connectivity index (χ3v) is 7.08. The first-order valence-corrected chi connectivity index (χ1v) is 9.04. The molecule has 0 aliphatic carbocycles. The van der Waals surface area contributed by atoms with Gasteiger partial charge in [0, 0.05) is 12.6 Å². The maximum atomic E-state index is 12.8. The van der Waals surface area contributed by atoms with Crippen molar-refractivity contribution in [2.24, 2.45) is 0 Å². The molecule has 1 aromatic heterocycles. The Morgan fingerprint density at radius 3 is 2.80 bits per heavy atom. The van der Waals surface area contributed by atoms with Gasteiger partial charge in [0.1, 0.15) is 9.77 Å². The molecule has 1 atom stereocenters. The summed E-state index contributed by atoms with van der Waals surface area (Å²) in [5.74, 6) is -1.17. The van der Waals surface area contributed by atoms with Crippen LogP contribution in [0.4, 0.5) is 0 Å². The molecule has 7 heteroatoms. The minimum atomic E-state index is -3.72. The third-order valence-electron chi connectivity index (χ3n) is 3.72. The van der Waals surface area contributed by atoms with Crippen molar-refractivity contribution in [1.82, 2.24) is 4.31 Å². The summed E-state index contributed by atoms with van der Waals surface area (Å²) >= 11 is 0.979. The van der Waals surface area contributed by atoms with E-state index in [2.05, 4.69) is 0 Å². The van der Waals surface area contributed by atoms with Crippen LogP contribution in [0.1, 0.15) is 47.8 Å². The van der Waals surface area contributed by atoms with Gasteiger partial charge in [0.15, 0.2) is 0 Å². The highest BCUT2D eigenvalue weighted by molar-refractivity contribution is 7.89. The maximum absolute atomic E-state index is 12.8. The Kier molecular flexibility index (Phi) is 4.51. The van der Waals surface area contributed by atoms with Gasteiger partial charge in [-0.05, 0) is 37.1 Å². The highest BCUT2D eigenvalue weighted by atomic mass is 32.2. The molecule has 112 valence electrons. The second-order valence-corrected chi connectivity index (χ2v) is 7.76. The first kappa shape index (κ1) is 15.5. The maximum Gasteiger partial charge on any atom is 0.347 e. The second kappa shape index (κ2) is 5.83. The Bertz CT molecular complexity index is 606. The van der Waals surface area contributed by atoms with E-state index in [9.17, 15) is 18.3 Å². The number of aromatic carboxylic acids is 1. The molecule has 0 spiro atoms. The van der Waals surface area contributed by atoms with Gasteiger partial charge in [-0.3, -0.25) is 0 Å². The number of nitrogens with zero attached hydrogens (tertiary/aromatic N) is 1. The zero-order valence-electron chi connectivity index (χ0n) is 11.6. The quantitative estimate of drug-likeness (QED) is 0.926. The Hall–Kier alpha value is -0.920. The van der Waals surface area contributed by atoms with Crippen molar-refractivity contribution < 1.29 is 18.3 Å². The van der Waals surface area contributed by atoms with Crippen molar-refractivity contribution in [3.8, 4) is 0 Å². The summed E-state index contributed by atoms with van der Waals surface area (Å²) in [6, 6.07) is -0.0188. The third kappa shape index (κ3) is 2.62. The van der Waals surface area contributed by atoms with E-state index in [0.29, 0.717) is 12.1 Å². The highest BCUT2D eigenvalue weighted by Crippen LogP contribution is 2.33. The summed E-state index contributed by atoms with van der Waals surface area (Å²) in [7, 11) is -3.72. The molecule has 5 nitrogen and oxygen atoms in total. The fraction of sp³-hybridized carbons (Fsp3) is 0.615. The molecule has 1 fully saturated rings. The normalized spacial score (nSPS) is 21.0. The molecule has 1 unspecified atom stereocenters. The van der Waals surface area contributed by atoms with Crippen molar-refractivity contribution in [2.75, 3.05) is 6.54 Å². The van der Waals surface area contributed by atoms with Crippen LogP contribution in [0.25, 0.3) is 0 Å². The van der Waals surface area contributed by atoms with Crippen LogP contribution in [-0.2, 0) is 10.0 Å². The van der Waals surface area contributed by atoms with Crippen molar-refractivity contribution in [2.45, 2.75) is 50.5 Å². The molecule has 2 rings (SSSR count). The van der Waals surface area contributed by atoms with Gasteiger partial charge in [0.2, 0.25) is 10.0 Å². The van der Waals surface area contributed by atoms with Gasteiger partial charge in [-0.15, -0.1) is 11.3 Å². The molecule has 1 aliphatic heterocycles. The van der Waals surface area contributed by atoms with Gasteiger partial charge in [-0.1, -0.05) is 13.3 Å². The highest BCUT2D eigenvalue weighted by Gasteiger charge is 2.36. The summed E-state index contributed by atoms with van der Waals surface area (Å²) in [5, 5.41) is 10.8. The van der Waals surface area contributed by atoms with E-state index in [-0.39, 0.29) is 15.8 Å². The van der Waals surface area contributed by atoms with E-state index in [1.54, 1.807) is 12.3 Å². The van der Waals surface area contributed by atoms with E-state index >= 15 is 0 Å². The van der Waals surface area contributed by atoms with Crippen LogP contribution >= 0.6 is 11.3 Å². The SMILES string of the molecule is CCC1CCCCN1S(=O)(=O)c1c(C)csc1C(=O)O. The number of thiophene rings is 1. The summed E-state index contributed by atoms with van der Waals surface area (Å²) < 4.78 is 27.2. The smallest absolute Gasteiger partial charge is 0.347 e. The molecule has 1 N–H and O–H groups in total. The fourth-order valence-electron chi connectivity index (χ4n) is 2.72. The fourth-order valence-corrected chi connectivity index (χ4v) is 6.07. The average Bonchev–Trinajstić information content (AvgIpc) is 2.81. The van der Waals surface area contributed by atoms with Crippen molar-refractivity contribution in [3.63, 3.8) is 0 Å². The number of sulfonamides is 1. The van der Waals surface area contributed by atoms with Crippen LogP contribution in [0, 0.1) is 6.92 Å². The number of carbonyl (C=O) groups is 1. The zero-order chi connectivity index (χ0) is 14.9. The van der Waals surface area contributed by atoms with Crippen molar-refractivity contribution in [3.05, 3.63) is 15.8 Å². The van der Waals surface area contributed by atoms with Gasteiger partial charge in [0.25, 0.3) is 0 Å². The van der Waals surface area contributed by atoms with E-state index in [0.717, 1.165) is 37.0 Å². The lowest BCUT2D eigenvalue weighted by atomic mass is 10.0. The monoisotopic (exact) mass is 317 g/mol. The number of carboxylic acid groups (broad SMARTS) is 1. The first-order valence-electron chi connectivity index (χ1n) is 6.72. The Balaban J connectivity index is 2.49. The molecule has 1 aromatic rings. The molecular weight excluding hydrogens is 298 g/mol. The van der Waals surface area contributed by atoms with Gasteiger partial charge >= 0.3 is 5.97 Å². The van der Waals surface area contributed by atoms with E-state index in [1.807, 2.05) is 6.92 Å². The van der Waals surface area contributed by atoms with Gasteiger partial charge < -0.3 is 5.11 Å². The number of hydrogen-bond acceptors (Lipinski definition) is 4. The Morgan fingerprint density at radius 2 is 2.20 bits per heavy atom. The average molecular weight is 317 g/mol. The first-order chi connectivity index (χ1) is 9.39. The molecule has 0 radical (unpaired) electrons. The van der Waals surface area contributed by atoms with Crippen LogP contribution < -0.4 is 0 Å². The number of hydrogen-bond donors (Lipinski definition) is 1. The Labute approximate surface area is 123 Å².